The smallest absolute Gasteiger partial charge is 0.238 e. The molecule has 0 aliphatic heterocycles. The molecule has 2 N–H and O–H groups in total. The van der Waals surface area contributed by atoms with Crippen LogP contribution in [-0.2, 0) is 11.3 Å². The van der Waals surface area contributed by atoms with E-state index in [0.717, 1.165) is 4.88 Å². The van der Waals surface area contributed by atoms with E-state index >= 15 is 0 Å². The Kier molecular flexibility index (Phi) is 4.38. The number of benzene rings is 1. The number of rotatable bonds is 5. The highest BCUT2D eigenvalue weighted by Gasteiger charge is 2.05. The largest absolute Gasteiger partial charge is 0.322 e. The first-order valence-corrected chi connectivity index (χ1v) is 6.26. The second-order valence-electron chi connectivity index (χ2n) is 3.60. The Hall–Kier alpha value is -1.79. The van der Waals surface area contributed by atoms with Gasteiger partial charge in [0.05, 0.1) is 17.7 Å². The van der Waals surface area contributed by atoms with E-state index in [1.54, 1.807) is 23.8 Å². The Morgan fingerprint density at radius 2 is 2.22 bits per heavy atom. The van der Waals surface area contributed by atoms with Gasteiger partial charge in [-0.2, -0.15) is 0 Å². The van der Waals surface area contributed by atoms with Gasteiger partial charge in [0.25, 0.3) is 0 Å². The quantitative estimate of drug-likeness (QED) is 0.869. The van der Waals surface area contributed by atoms with Gasteiger partial charge in [0.2, 0.25) is 5.91 Å². The van der Waals surface area contributed by atoms with Crippen molar-refractivity contribution in [2.24, 2.45) is 0 Å². The summed E-state index contributed by atoms with van der Waals surface area (Å²) in [6.45, 7) is 0.710. The molecule has 1 aromatic carbocycles. The molecule has 0 bridgehead atoms. The van der Waals surface area contributed by atoms with Crippen molar-refractivity contribution in [1.82, 2.24) is 10.3 Å². The zero-order chi connectivity index (χ0) is 12.8. The molecule has 2 aromatic rings. The lowest BCUT2D eigenvalue weighted by Crippen LogP contribution is -2.27. The minimum Gasteiger partial charge on any atom is -0.322 e. The predicted octanol–water partition coefficient (Wildman–Crippen LogP) is 2.01. The number of thiazole rings is 1. The standard InChI is InChI=1S/C12H12FN3OS/c13-10-3-1-2-4-11(10)16-12(17)7-14-5-9-6-15-8-18-9/h1-4,6,8,14H,5,7H2,(H,16,17). The predicted molar refractivity (Wildman–Crippen MR) is 68.9 cm³/mol. The molecular formula is C12H12FN3OS. The van der Waals surface area contributed by atoms with Crippen molar-refractivity contribution in [2.45, 2.75) is 6.54 Å². The van der Waals surface area contributed by atoms with Gasteiger partial charge in [-0.1, -0.05) is 12.1 Å². The summed E-state index contributed by atoms with van der Waals surface area (Å²) in [5, 5.41) is 5.46. The summed E-state index contributed by atoms with van der Waals surface area (Å²) >= 11 is 1.52. The molecule has 0 spiro atoms. The monoisotopic (exact) mass is 265 g/mol. The second kappa shape index (κ2) is 6.23. The number of anilines is 1. The molecule has 0 atom stereocenters. The molecule has 94 valence electrons. The third-order valence-electron chi connectivity index (χ3n) is 2.22. The number of aromatic nitrogens is 1. The van der Waals surface area contributed by atoms with Crippen LogP contribution >= 0.6 is 11.3 Å². The topological polar surface area (TPSA) is 54.0 Å². The first-order valence-electron chi connectivity index (χ1n) is 5.38. The van der Waals surface area contributed by atoms with Gasteiger partial charge in [-0.05, 0) is 12.1 Å². The molecule has 0 saturated carbocycles. The molecule has 0 fully saturated rings. The molecule has 1 amide bonds. The van der Waals surface area contributed by atoms with Crippen LogP contribution in [0, 0.1) is 5.82 Å². The van der Waals surface area contributed by atoms with E-state index in [2.05, 4.69) is 15.6 Å². The van der Waals surface area contributed by atoms with Crippen LogP contribution in [0.3, 0.4) is 0 Å². The van der Waals surface area contributed by atoms with Crippen LogP contribution in [0.5, 0.6) is 0 Å². The van der Waals surface area contributed by atoms with Crippen LogP contribution in [0.15, 0.2) is 36.0 Å². The lowest BCUT2D eigenvalue weighted by Gasteiger charge is -2.06. The SMILES string of the molecule is O=C(CNCc1cncs1)Nc1ccccc1F. The number of hydrogen-bond donors (Lipinski definition) is 2. The molecule has 0 saturated heterocycles. The van der Waals surface area contributed by atoms with Gasteiger partial charge < -0.3 is 10.6 Å². The Morgan fingerprint density at radius 1 is 1.39 bits per heavy atom. The summed E-state index contributed by atoms with van der Waals surface area (Å²) in [6.07, 6.45) is 1.74. The van der Waals surface area contributed by atoms with E-state index in [9.17, 15) is 9.18 Å². The van der Waals surface area contributed by atoms with Crippen molar-refractivity contribution in [3.8, 4) is 0 Å². The summed E-state index contributed by atoms with van der Waals surface area (Å²) in [7, 11) is 0. The molecule has 1 heterocycles. The molecule has 18 heavy (non-hydrogen) atoms. The van der Waals surface area contributed by atoms with Crippen molar-refractivity contribution < 1.29 is 9.18 Å². The third kappa shape index (κ3) is 3.61. The Morgan fingerprint density at radius 3 is 2.94 bits per heavy atom. The zero-order valence-corrected chi connectivity index (χ0v) is 10.3. The van der Waals surface area contributed by atoms with Crippen LogP contribution < -0.4 is 10.6 Å². The number of carbonyl (C=O) groups is 1. The van der Waals surface area contributed by atoms with Gasteiger partial charge in [-0.25, -0.2) is 4.39 Å². The molecule has 0 aliphatic carbocycles. The van der Waals surface area contributed by atoms with Crippen molar-refractivity contribution in [2.75, 3.05) is 11.9 Å². The average molecular weight is 265 g/mol. The number of nitrogens with one attached hydrogen (secondary N) is 2. The molecule has 0 radical (unpaired) electrons. The summed E-state index contributed by atoms with van der Waals surface area (Å²) < 4.78 is 13.3. The number of amides is 1. The fourth-order valence-corrected chi connectivity index (χ4v) is 1.95. The van der Waals surface area contributed by atoms with E-state index in [0.29, 0.717) is 6.54 Å². The zero-order valence-electron chi connectivity index (χ0n) is 9.52. The van der Waals surface area contributed by atoms with Crippen molar-refractivity contribution >= 4 is 22.9 Å². The van der Waals surface area contributed by atoms with Gasteiger partial charge >= 0.3 is 0 Å². The average Bonchev–Trinajstić information content (AvgIpc) is 2.85. The highest BCUT2D eigenvalue weighted by Crippen LogP contribution is 2.11. The van der Waals surface area contributed by atoms with E-state index in [-0.39, 0.29) is 18.1 Å². The molecule has 0 aliphatic rings. The second-order valence-corrected chi connectivity index (χ2v) is 4.57. The normalized spacial score (nSPS) is 10.3. The maximum Gasteiger partial charge on any atom is 0.238 e. The van der Waals surface area contributed by atoms with Gasteiger partial charge in [-0.15, -0.1) is 11.3 Å². The molecule has 1 aromatic heterocycles. The highest BCUT2D eigenvalue weighted by molar-refractivity contribution is 7.09. The lowest BCUT2D eigenvalue weighted by molar-refractivity contribution is -0.115. The van der Waals surface area contributed by atoms with Crippen LogP contribution in [0.1, 0.15) is 4.88 Å². The van der Waals surface area contributed by atoms with Crippen LogP contribution in [0.25, 0.3) is 0 Å². The van der Waals surface area contributed by atoms with Gasteiger partial charge in [0.1, 0.15) is 5.82 Å². The van der Waals surface area contributed by atoms with E-state index in [1.807, 2.05) is 0 Å². The minimum atomic E-state index is -0.437. The summed E-state index contributed by atoms with van der Waals surface area (Å²) in [6, 6.07) is 6.08. The van der Waals surface area contributed by atoms with Gasteiger partial charge in [0, 0.05) is 17.6 Å². The Balaban J connectivity index is 1.77. The third-order valence-corrected chi connectivity index (χ3v) is 3.00. The van der Waals surface area contributed by atoms with Crippen LogP contribution in [-0.4, -0.2) is 17.4 Å². The van der Waals surface area contributed by atoms with Crippen molar-refractivity contribution in [3.63, 3.8) is 0 Å². The van der Waals surface area contributed by atoms with Gasteiger partial charge in [0.15, 0.2) is 0 Å². The fourth-order valence-electron chi connectivity index (χ4n) is 1.39. The number of halogens is 1. The molecule has 4 nitrogen and oxygen atoms in total. The Labute approximate surface area is 108 Å². The fraction of sp³-hybridized carbons (Fsp3) is 0.167. The van der Waals surface area contributed by atoms with Crippen molar-refractivity contribution in [3.05, 3.63) is 46.7 Å². The summed E-state index contributed by atoms with van der Waals surface area (Å²) in [5.41, 5.74) is 1.93. The maximum atomic E-state index is 13.3. The first-order chi connectivity index (χ1) is 8.75. The highest BCUT2D eigenvalue weighted by atomic mass is 32.1. The number of carbonyl (C=O) groups excluding carboxylic acids is 1. The molecule has 2 rings (SSSR count). The lowest BCUT2D eigenvalue weighted by atomic mass is 10.3. The van der Waals surface area contributed by atoms with Crippen molar-refractivity contribution in [1.29, 1.82) is 0 Å². The maximum absolute atomic E-state index is 13.3. The number of para-hydroxylation sites is 1. The first kappa shape index (κ1) is 12.7. The minimum absolute atomic E-state index is 0.131. The number of nitrogens with zero attached hydrogens (tertiary/aromatic N) is 1. The number of hydrogen-bond acceptors (Lipinski definition) is 4. The van der Waals surface area contributed by atoms with E-state index in [4.69, 9.17) is 0 Å². The van der Waals surface area contributed by atoms with Crippen LogP contribution in [0.4, 0.5) is 10.1 Å². The van der Waals surface area contributed by atoms with Gasteiger partial charge in [-0.3, -0.25) is 9.78 Å². The van der Waals surface area contributed by atoms with E-state index in [1.165, 1.54) is 23.5 Å². The van der Waals surface area contributed by atoms with E-state index < -0.39 is 5.82 Å². The summed E-state index contributed by atoms with van der Waals surface area (Å²) in [4.78, 5) is 16.5. The molecule has 6 heteroatoms. The molecular weight excluding hydrogens is 253 g/mol. The Bertz CT molecular complexity index is 516. The molecule has 0 unspecified atom stereocenters. The summed E-state index contributed by atoms with van der Waals surface area (Å²) in [5.74, 6) is -0.710. The van der Waals surface area contributed by atoms with Crippen LogP contribution in [0.2, 0.25) is 0 Å².